The molecule has 0 bridgehead atoms. The third kappa shape index (κ3) is 2.57. The highest BCUT2D eigenvalue weighted by Gasteiger charge is 2.33. The summed E-state index contributed by atoms with van der Waals surface area (Å²) in [6.45, 7) is 7.60. The molecule has 0 aliphatic heterocycles. The second-order valence-electron chi connectivity index (χ2n) is 3.46. The van der Waals surface area contributed by atoms with Crippen LogP contribution in [0.15, 0.2) is 12.7 Å². The molecular formula is C9H16N2O. The number of carbonyl (C=O) groups excluding carboxylic acids is 1. The quantitative estimate of drug-likeness (QED) is 0.612. The van der Waals surface area contributed by atoms with Crippen LogP contribution in [-0.4, -0.2) is 18.1 Å². The summed E-state index contributed by atoms with van der Waals surface area (Å²) in [6, 6.07) is 0.345. The smallest absolute Gasteiger partial charge is 0.315 e. The van der Waals surface area contributed by atoms with Crippen molar-refractivity contribution in [2.24, 2.45) is 5.92 Å². The van der Waals surface area contributed by atoms with Crippen molar-refractivity contribution in [1.29, 1.82) is 0 Å². The molecule has 1 aliphatic rings. The molecule has 0 saturated heterocycles. The van der Waals surface area contributed by atoms with E-state index in [0.717, 1.165) is 6.42 Å². The average Bonchev–Trinajstić information content (AvgIpc) is 2.66. The van der Waals surface area contributed by atoms with E-state index in [1.807, 2.05) is 6.92 Å². The van der Waals surface area contributed by atoms with E-state index in [2.05, 4.69) is 24.1 Å². The minimum atomic E-state index is -0.0863. The molecule has 68 valence electrons. The fraction of sp³-hybridized carbons (Fsp3) is 0.667. The SMILES string of the molecule is C=CC(C)NC(=O)NC1CC1C. The van der Waals surface area contributed by atoms with E-state index in [-0.39, 0.29) is 12.1 Å². The molecule has 0 aromatic rings. The Labute approximate surface area is 73.2 Å². The fourth-order valence-corrected chi connectivity index (χ4v) is 0.999. The zero-order chi connectivity index (χ0) is 9.14. The van der Waals surface area contributed by atoms with Crippen LogP contribution in [0, 0.1) is 5.92 Å². The van der Waals surface area contributed by atoms with Gasteiger partial charge in [0.1, 0.15) is 0 Å². The molecule has 0 spiro atoms. The van der Waals surface area contributed by atoms with Crippen LogP contribution in [0.5, 0.6) is 0 Å². The molecule has 3 nitrogen and oxygen atoms in total. The molecule has 1 rings (SSSR count). The number of hydrogen-bond acceptors (Lipinski definition) is 1. The van der Waals surface area contributed by atoms with E-state index < -0.39 is 0 Å². The molecule has 0 heterocycles. The summed E-state index contributed by atoms with van der Waals surface area (Å²) in [7, 11) is 0. The van der Waals surface area contributed by atoms with Gasteiger partial charge in [-0.05, 0) is 19.3 Å². The molecule has 3 unspecified atom stereocenters. The van der Waals surface area contributed by atoms with E-state index in [0.29, 0.717) is 12.0 Å². The van der Waals surface area contributed by atoms with Crippen molar-refractivity contribution in [3.05, 3.63) is 12.7 Å². The van der Waals surface area contributed by atoms with Crippen molar-refractivity contribution in [3.63, 3.8) is 0 Å². The van der Waals surface area contributed by atoms with Gasteiger partial charge in [-0.3, -0.25) is 0 Å². The highest BCUT2D eigenvalue weighted by Crippen LogP contribution is 2.28. The van der Waals surface area contributed by atoms with Crippen molar-refractivity contribution in [1.82, 2.24) is 10.6 Å². The minimum Gasteiger partial charge on any atom is -0.335 e. The zero-order valence-corrected chi connectivity index (χ0v) is 7.63. The fourth-order valence-electron chi connectivity index (χ4n) is 0.999. The normalized spacial score (nSPS) is 28.8. The summed E-state index contributed by atoms with van der Waals surface area (Å²) in [6.07, 6.45) is 2.81. The second kappa shape index (κ2) is 3.61. The number of nitrogens with one attached hydrogen (secondary N) is 2. The Hall–Kier alpha value is -0.990. The molecule has 0 aromatic carbocycles. The Morgan fingerprint density at radius 2 is 2.33 bits per heavy atom. The summed E-state index contributed by atoms with van der Waals surface area (Å²) in [5.41, 5.74) is 0. The summed E-state index contributed by atoms with van der Waals surface area (Å²) >= 11 is 0. The molecule has 0 aromatic heterocycles. The van der Waals surface area contributed by atoms with Crippen molar-refractivity contribution in [2.75, 3.05) is 0 Å². The first-order valence-electron chi connectivity index (χ1n) is 4.33. The highest BCUT2D eigenvalue weighted by atomic mass is 16.2. The van der Waals surface area contributed by atoms with Crippen LogP contribution >= 0.6 is 0 Å². The molecule has 2 N–H and O–H groups in total. The summed E-state index contributed by atoms with van der Waals surface area (Å²) < 4.78 is 0. The van der Waals surface area contributed by atoms with E-state index in [1.165, 1.54) is 0 Å². The summed E-state index contributed by atoms with van der Waals surface area (Å²) in [5, 5.41) is 5.62. The van der Waals surface area contributed by atoms with Gasteiger partial charge in [0.05, 0.1) is 0 Å². The van der Waals surface area contributed by atoms with Gasteiger partial charge in [0.25, 0.3) is 0 Å². The van der Waals surface area contributed by atoms with Crippen LogP contribution in [0.4, 0.5) is 4.79 Å². The molecule has 0 radical (unpaired) electrons. The molecular weight excluding hydrogens is 152 g/mol. The van der Waals surface area contributed by atoms with E-state index in [1.54, 1.807) is 6.08 Å². The van der Waals surface area contributed by atoms with Crippen LogP contribution < -0.4 is 10.6 Å². The number of rotatable bonds is 3. The van der Waals surface area contributed by atoms with Crippen molar-refractivity contribution >= 4 is 6.03 Å². The average molecular weight is 168 g/mol. The second-order valence-corrected chi connectivity index (χ2v) is 3.46. The standard InChI is InChI=1S/C9H16N2O/c1-4-7(3)10-9(12)11-8-5-6(8)2/h4,6-8H,1,5H2,2-3H3,(H2,10,11,12). The first-order valence-corrected chi connectivity index (χ1v) is 4.33. The number of amides is 2. The van der Waals surface area contributed by atoms with Crippen molar-refractivity contribution in [2.45, 2.75) is 32.4 Å². The summed E-state index contributed by atoms with van der Waals surface area (Å²) in [5.74, 6) is 0.648. The van der Waals surface area contributed by atoms with Gasteiger partial charge in [0.2, 0.25) is 0 Å². The Morgan fingerprint density at radius 3 is 2.75 bits per heavy atom. The van der Waals surface area contributed by atoms with E-state index in [4.69, 9.17) is 0 Å². The number of carbonyl (C=O) groups is 1. The van der Waals surface area contributed by atoms with Gasteiger partial charge in [-0.15, -0.1) is 6.58 Å². The molecule has 12 heavy (non-hydrogen) atoms. The Bertz CT molecular complexity index is 191. The lowest BCUT2D eigenvalue weighted by atomic mass is 10.3. The topological polar surface area (TPSA) is 41.1 Å². The van der Waals surface area contributed by atoms with Gasteiger partial charge in [0.15, 0.2) is 0 Å². The molecule has 3 atom stereocenters. The first kappa shape index (κ1) is 9.10. The third-order valence-electron chi connectivity index (χ3n) is 2.14. The van der Waals surface area contributed by atoms with Gasteiger partial charge in [0, 0.05) is 12.1 Å². The van der Waals surface area contributed by atoms with Gasteiger partial charge in [-0.1, -0.05) is 13.0 Å². The maximum Gasteiger partial charge on any atom is 0.315 e. The van der Waals surface area contributed by atoms with E-state index >= 15 is 0 Å². The van der Waals surface area contributed by atoms with Crippen LogP contribution in [0.1, 0.15) is 20.3 Å². The van der Waals surface area contributed by atoms with Gasteiger partial charge in [-0.25, -0.2) is 4.79 Å². The predicted octanol–water partition coefficient (Wildman–Crippen LogP) is 1.27. The Balaban J connectivity index is 2.16. The Kier molecular flexibility index (Phi) is 2.74. The maximum atomic E-state index is 11.1. The van der Waals surface area contributed by atoms with Crippen LogP contribution in [0.3, 0.4) is 0 Å². The number of hydrogen-bond donors (Lipinski definition) is 2. The van der Waals surface area contributed by atoms with E-state index in [9.17, 15) is 4.79 Å². The lowest BCUT2D eigenvalue weighted by Crippen LogP contribution is -2.41. The Morgan fingerprint density at radius 1 is 1.75 bits per heavy atom. The largest absolute Gasteiger partial charge is 0.335 e. The first-order chi connectivity index (χ1) is 5.63. The van der Waals surface area contributed by atoms with Gasteiger partial charge < -0.3 is 10.6 Å². The molecule has 1 fully saturated rings. The molecule has 1 saturated carbocycles. The van der Waals surface area contributed by atoms with Crippen LogP contribution in [0.25, 0.3) is 0 Å². The number of urea groups is 1. The monoisotopic (exact) mass is 168 g/mol. The van der Waals surface area contributed by atoms with Gasteiger partial charge in [-0.2, -0.15) is 0 Å². The molecule has 3 heteroatoms. The van der Waals surface area contributed by atoms with Crippen LogP contribution in [0.2, 0.25) is 0 Å². The maximum absolute atomic E-state index is 11.1. The zero-order valence-electron chi connectivity index (χ0n) is 7.63. The minimum absolute atomic E-state index is 0.0408. The van der Waals surface area contributed by atoms with Gasteiger partial charge >= 0.3 is 6.03 Å². The lowest BCUT2D eigenvalue weighted by molar-refractivity contribution is 0.238. The lowest BCUT2D eigenvalue weighted by Gasteiger charge is -2.09. The third-order valence-corrected chi connectivity index (χ3v) is 2.14. The highest BCUT2D eigenvalue weighted by molar-refractivity contribution is 5.75. The summed E-state index contributed by atoms with van der Waals surface area (Å²) in [4.78, 5) is 11.1. The molecule has 1 aliphatic carbocycles. The van der Waals surface area contributed by atoms with Crippen LogP contribution in [-0.2, 0) is 0 Å². The molecule has 2 amide bonds. The predicted molar refractivity (Wildman–Crippen MR) is 48.9 cm³/mol. The van der Waals surface area contributed by atoms with Crippen molar-refractivity contribution < 1.29 is 4.79 Å². The van der Waals surface area contributed by atoms with Crippen molar-refractivity contribution in [3.8, 4) is 0 Å².